The molecule has 1 unspecified atom stereocenters. The molecular formula is C25H20N6. The second-order valence-electron chi connectivity index (χ2n) is 7.17. The summed E-state index contributed by atoms with van der Waals surface area (Å²) in [5, 5.41) is 0. The summed E-state index contributed by atoms with van der Waals surface area (Å²) in [6.07, 6.45) is 6.92. The van der Waals surface area contributed by atoms with E-state index in [9.17, 15) is 0 Å². The van der Waals surface area contributed by atoms with Gasteiger partial charge in [0.25, 0.3) is 0 Å². The van der Waals surface area contributed by atoms with Crippen LogP contribution in [-0.4, -0.2) is 38.6 Å². The lowest BCUT2D eigenvalue weighted by atomic mass is 10.1. The molecule has 150 valence electrons. The van der Waals surface area contributed by atoms with Gasteiger partial charge >= 0.3 is 0 Å². The largest absolute Gasteiger partial charge is 0.333 e. The molecule has 0 saturated carbocycles. The van der Waals surface area contributed by atoms with Crippen LogP contribution in [0.4, 0.5) is 0 Å². The number of nitrogens with zero attached hydrogens (tertiary/aromatic N) is 6. The van der Waals surface area contributed by atoms with Gasteiger partial charge < -0.3 is 4.90 Å². The van der Waals surface area contributed by atoms with Crippen LogP contribution in [0.1, 0.15) is 23.0 Å². The summed E-state index contributed by atoms with van der Waals surface area (Å²) in [7, 11) is 2.00. The molecule has 6 nitrogen and oxygen atoms in total. The fourth-order valence-electron chi connectivity index (χ4n) is 3.56. The summed E-state index contributed by atoms with van der Waals surface area (Å²) >= 11 is 0. The van der Waals surface area contributed by atoms with Crippen LogP contribution in [0.5, 0.6) is 0 Å². The minimum absolute atomic E-state index is 0.242. The molecule has 0 radical (unpaired) electrons. The van der Waals surface area contributed by atoms with Gasteiger partial charge in [0.2, 0.25) is 0 Å². The second-order valence-corrected chi connectivity index (χ2v) is 7.17. The van der Waals surface area contributed by atoms with Crippen LogP contribution in [0, 0.1) is 0 Å². The highest BCUT2D eigenvalue weighted by atomic mass is 15.3. The fourth-order valence-corrected chi connectivity index (χ4v) is 3.56. The first-order valence-corrected chi connectivity index (χ1v) is 10.0. The number of benzene rings is 1. The highest BCUT2D eigenvalue weighted by Crippen LogP contribution is 2.28. The van der Waals surface area contributed by atoms with E-state index < -0.39 is 0 Å². The first kappa shape index (κ1) is 18.8. The van der Waals surface area contributed by atoms with Crippen molar-refractivity contribution in [3.63, 3.8) is 0 Å². The van der Waals surface area contributed by atoms with Crippen LogP contribution in [0.15, 0.2) is 108 Å². The molecule has 1 aliphatic heterocycles. The summed E-state index contributed by atoms with van der Waals surface area (Å²) in [5.41, 5.74) is 4.74. The van der Waals surface area contributed by atoms with Crippen LogP contribution in [-0.2, 0) is 0 Å². The van der Waals surface area contributed by atoms with Gasteiger partial charge in [-0.2, -0.15) is 0 Å². The Morgan fingerprint density at radius 3 is 2.06 bits per heavy atom. The Balaban J connectivity index is 1.56. The molecule has 6 heteroatoms. The normalized spacial score (nSPS) is 15.9. The minimum atomic E-state index is -0.242. The van der Waals surface area contributed by atoms with Gasteiger partial charge in [-0.05, 0) is 30.3 Å². The first-order chi connectivity index (χ1) is 15.3. The van der Waals surface area contributed by atoms with Gasteiger partial charge in [-0.1, -0.05) is 42.5 Å². The standard InChI is InChI=1S/C25H20N6/c1-31-24(19-12-10-18(11-13-19)21-8-2-4-15-27-21)29-23(22-9-3-5-16-28-22)30-25(31)20-7-6-14-26-17-20/h2-17,25H,1H3. The molecule has 0 amide bonds. The van der Waals surface area contributed by atoms with Gasteiger partial charge in [-0.15, -0.1) is 0 Å². The van der Waals surface area contributed by atoms with E-state index in [2.05, 4.69) is 44.1 Å². The van der Waals surface area contributed by atoms with E-state index in [-0.39, 0.29) is 6.17 Å². The van der Waals surface area contributed by atoms with E-state index in [0.29, 0.717) is 5.84 Å². The molecule has 0 fully saturated rings. The van der Waals surface area contributed by atoms with Gasteiger partial charge in [0, 0.05) is 48.5 Å². The van der Waals surface area contributed by atoms with Crippen molar-refractivity contribution < 1.29 is 0 Å². The van der Waals surface area contributed by atoms with Gasteiger partial charge in [0.05, 0.1) is 5.69 Å². The SMILES string of the molecule is CN1C(c2ccc(-c3ccccn3)cc2)=NC(c2ccccn2)=NC1c1cccnc1. The molecule has 1 aromatic carbocycles. The summed E-state index contributed by atoms with van der Waals surface area (Å²) in [6.45, 7) is 0. The number of aromatic nitrogens is 3. The molecular weight excluding hydrogens is 384 g/mol. The van der Waals surface area contributed by atoms with E-state index in [0.717, 1.165) is 33.9 Å². The minimum Gasteiger partial charge on any atom is -0.333 e. The molecule has 0 aliphatic carbocycles. The lowest BCUT2D eigenvalue weighted by molar-refractivity contribution is 0.382. The third-order valence-electron chi connectivity index (χ3n) is 5.14. The Morgan fingerprint density at radius 2 is 1.42 bits per heavy atom. The number of hydrogen-bond donors (Lipinski definition) is 0. The molecule has 1 aliphatic rings. The maximum absolute atomic E-state index is 4.89. The summed E-state index contributed by atoms with van der Waals surface area (Å²) in [4.78, 5) is 25.0. The molecule has 4 heterocycles. The van der Waals surface area contributed by atoms with Crippen LogP contribution in [0.25, 0.3) is 11.3 Å². The molecule has 1 atom stereocenters. The molecule has 0 saturated heterocycles. The van der Waals surface area contributed by atoms with E-state index >= 15 is 0 Å². The zero-order chi connectivity index (χ0) is 21.0. The van der Waals surface area contributed by atoms with Crippen molar-refractivity contribution in [3.05, 3.63) is 114 Å². The lowest BCUT2D eigenvalue weighted by Gasteiger charge is -2.32. The molecule has 0 bridgehead atoms. The first-order valence-electron chi connectivity index (χ1n) is 10.0. The van der Waals surface area contributed by atoms with E-state index in [4.69, 9.17) is 9.98 Å². The van der Waals surface area contributed by atoms with Crippen molar-refractivity contribution in [1.29, 1.82) is 0 Å². The van der Waals surface area contributed by atoms with Crippen LogP contribution >= 0.6 is 0 Å². The zero-order valence-electron chi connectivity index (χ0n) is 17.0. The Morgan fingerprint density at radius 1 is 0.710 bits per heavy atom. The highest BCUT2D eigenvalue weighted by Gasteiger charge is 2.27. The third-order valence-corrected chi connectivity index (χ3v) is 5.14. The van der Waals surface area contributed by atoms with Crippen molar-refractivity contribution in [2.45, 2.75) is 6.17 Å². The second kappa shape index (κ2) is 8.28. The van der Waals surface area contributed by atoms with Gasteiger partial charge in [-0.25, -0.2) is 9.98 Å². The monoisotopic (exact) mass is 404 g/mol. The van der Waals surface area contributed by atoms with Crippen molar-refractivity contribution in [2.75, 3.05) is 7.05 Å². The predicted octanol–water partition coefficient (Wildman–Crippen LogP) is 4.38. The maximum Gasteiger partial charge on any atom is 0.178 e. The summed E-state index contributed by atoms with van der Waals surface area (Å²) in [5.74, 6) is 1.44. The average Bonchev–Trinajstić information content (AvgIpc) is 2.86. The number of aliphatic imine (C=N–C) groups is 2. The van der Waals surface area contributed by atoms with Crippen molar-refractivity contribution in [1.82, 2.24) is 19.9 Å². The fraction of sp³-hybridized carbons (Fsp3) is 0.0800. The Hall–Kier alpha value is -4.19. The molecule has 3 aromatic heterocycles. The highest BCUT2D eigenvalue weighted by molar-refractivity contribution is 6.12. The van der Waals surface area contributed by atoms with Crippen LogP contribution in [0.2, 0.25) is 0 Å². The quantitative estimate of drug-likeness (QED) is 0.506. The van der Waals surface area contributed by atoms with Gasteiger partial charge in [0.15, 0.2) is 12.0 Å². The predicted molar refractivity (Wildman–Crippen MR) is 122 cm³/mol. The maximum atomic E-state index is 4.89. The summed E-state index contributed by atoms with van der Waals surface area (Å²) in [6, 6.07) is 23.9. The molecule has 31 heavy (non-hydrogen) atoms. The van der Waals surface area contributed by atoms with Crippen LogP contribution in [0.3, 0.4) is 0 Å². The molecule has 4 aromatic rings. The van der Waals surface area contributed by atoms with E-state index in [1.807, 2.05) is 61.8 Å². The molecule has 0 spiro atoms. The average molecular weight is 404 g/mol. The molecule has 5 rings (SSSR count). The number of hydrogen-bond acceptors (Lipinski definition) is 6. The Kier molecular flexibility index (Phi) is 5.02. The number of pyridine rings is 3. The zero-order valence-corrected chi connectivity index (χ0v) is 17.0. The third kappa shape index (κ3) is 3.83. The Labute approximate surface area is 180 Å². The van der Waals surface area contributed by atoms with Gasteiger partial charge in [0.1, 0.15) is 11.5 Å². The van der Waals surface area contributed by atoms with Crippen LogP contribution < -0.4 is 0 Å². The number of rotatable bonds is 4. The topological polar surface area (TPSA) is 66.6 Å². The van der Waals surface area contributed by atoms with Crippen molar-refractivity contribution in [2.24, 2.45) is 9.98 Å². The Bertz CT molecular complexity index is 1220. The number of amidine groups is 2. The smallest absolute Gasteiger partial charge is 0.178 e. The molecule has 0 N–H and O–H groups in total. The van der Waals surface area contributed by atoms with Gasteiger partial charge in [-0.3, -0.25) is 15.0 Å². The summed E-state index contributed by atoms with van der Waals surface area (Å²) < 4.78 is 0. The lowest BCUT2D eigenvalue weighted by Crippen LogP contribution is -2.35. The van der Waals surface area contributed by atoms with Crippen molar-refractivity contribution >= 4 is 11.7 Å². The van der Waals surface area contributed by atoms with Crippen molar-refractivity contribution in [3.8, 4) is 11.3 Å². The van der Waals surface area contributed by atoms with E-state index in [1.54, 1.807) is 18.6 Å². The van der Waals surface area contributed by atoms with E-state index in [1.165, 1.54) is 0 Å².